The van der Waals surface area contributed by atoms with Gasteiger partial charge in [-0.05, 0) is 42.8 Å². The Morgan fingerprint density at radius 2 is 1.94 bits per heavy atom. The van der Waals surface area contributed by atoms with Gasteiger partial charge >= 0.3 is 0 Å². The third-order valence-electron chi connectivity index (χ3n) is 6.26. The van der Waals surface area contributed by atoms with Gasteiger partial charge < -0.3 is 19.5 Å². The van der Waals surface area contributed by atoms with E-state index in [-0.39, 0.29) is 11.9 Å². The fourth-order valence-electron chi connectivity index (χ4n) is 4.43. The van der Waals surface area contributed by atoms with Gasteiger partial charge in [-0.15, -0.1) is 0 Å². The summed E-state index contributed by atoms with van der Waals surface area (Å²) in [6.45, 7) is 2.72. The molecule has 0 spiro atoms. The fraction of sp³-hybridized carbons (Fsp3) is 0.286. The van der Waals surface area contributed by atoms with Crippen LogP contribution in [-0.2, 0) is 0 Å². The van der Waals surface area contributed by atoms with E-state index >= 15 is 0 Å². The zero-order valence-corrected chi connectivity index (χ0v) is 21.7. The number of quaternary nitrogens is 1. The largest absolute Gasteiger partial charge is 0.633 e. The van der Waals surface area contributed by atoms with Crippen LogP contribution in [0, 0.1) is 5.21 Å². The van der Waals surface area contributed by atoms with Gasteiger partial charge in [0.15, 0.2) is 0 Å². The summed E-state index contributed by atoms with van der Waals surface area (Å²) in [7, 11) is 5.00. The van der Waals surface area contributed by atoms with Gasteiger partial charge in [0.05, 0.1) is 45.0 Å². The number of carbonyl (C=O) groups excluding carboxylic acids is 1. The average molecular weight is 507 g/mol. The molecule has 7 nitrogen and oxygen atoms in total. The van der Waals surface area contributed by atoms with Gasteiger partial charge in [-0.2, -0.15) is 5.10 Å². The average Bonchev–Trinajstić information content (AvgIpc) is 3.33. The van der Waals surface area contributed by atoms with Gasteiger partial charge in [0, 0.05) is 40.6 Å². The lowest BCUT2D eigenvalue weighted by Crippen LogP contribution is -2.38. The maximum Gasteiger partial charge on any atom is 0.254 e. The fourth-order valence-corrected chi connectivity index (χ4v) is 4.62. The van der Waals surface area contributed by atoms with Crippen molar-refractivity contribution >= 4 is 28.4 Å². The van der Waals surface area contributed by atoms with E-state index in [2.05, 4.69) is 10.2 Å². The molecule has 3 aromatic carbocycles. The molecule has 0 aliphatic rings. The second kappa shape index (κ2) is 10.7. The molecule has 0 fully saturated rings. The van der Waals surface area contributed by atoms with Crippen LogP contribution in [0.1, 0.15) is 35.3 Å². The third kappa shape index (κ3) is 5.70. The Bertz CT molecular complexity index is 1360. The summed E-state index contributed by atoms with van der Waals surface area (Å²) in [6, 6.07) is 18.6. The van der Waals surface area contributed by atoms with E-state index in [4.69, 9.17) is 16.3 Å². The third-order valence-corrected chi connectivity index (χ3v) is 6.50. The predicted octanol–water partition coefficient (Wildman–Crippen LogP) is 6.06. The molecular formula is C28H31ClN4O3. The molecule has 0 saturated carbocycles. The zero-order valence-electron chi connectivity index (χ0n) is 21.0. The highest BCUT2D eigenvalue weighted by Gasteiger charge is 2.27. The lowest BCUT2D eigenvalue weighted by atomic mass is 9.98. The van der Waals surface area contributed by atoms with Crippen molar-refractivity contribution in [1.82, 2.24) is 15.1 Å². The number of ether oxygens (including phenoxy) is 1. The first-order valence-corrected chi connectivity index (χ1v) is 12.3. The highest BCUT2D eigenvalue weighted by atomic mass is 35.5. The summed E-state index contributed by atoms with van der Waals surface area (Å²) >= 11 is 6.20. The smallest absolute Gasteiger partial charge is 0.254 e. The van der Waals surface area contributed by atoms with Crippen molar-refractivity contribution < 1.29 is 14.2 Å². The van der Waals surface area contributed by atoms with E-state index in [0.29, 0.717) is 35.9 Å². The van der Waals surface area contributed by atoms with Crippen LogP contribution in [0.2, 0.25) is 5.02 Å². The van der Waals surface area contributed by atoms with Crippen LogP contribution < -0.4 is 4.74 Å². The molecule has 188 valence electrons. The van der Waals surface area contributed by atoms with Crippen LogP contribution >= 0.6 is 11.6 Å². The molecule has 4 aromatic rings. The molecule has 0 unspecified atom stereocenters. The summed E-state index contributed by atoms with van der Waals surface area (Å²) in [4.78, 5) is 15.5. The summed E-state index contributed by atoms with van der Waals surface area (Å²) in [6.07, 6.45) is 2.25. The molecule has 36 heavy (non-hydrogen) atoms. The molecule has 0 bridgehead atoms. The Morgan fingerprint density at radius 3 is 2.67 bits per heavy atom. The van der Waals surface area contributed by atoms with Gasteiger partial charge in [0.25, 0.3) is 5.91 Å². The number of halogens is 1. The number of carbonyl (C=O) groups is 1. The van der Waals surface area contributed by atoms with Crippen LogP contribution in [0.4, 0.5) is 0 Å². The van der Waals surface area contributed by atoms with E-state index in [9.17, 15) is 10.0 Å². The van der Waals surface area contributed by atoms with Gasteiger partial charge in [-0.3, -0.25) is 9.89 Å². The Balaban J connectivity index is 1.71. The number of para-hydroxylation sites is 1. The second-order valence-electron chi connectivity index (χ2n) is 9.35. The highest BCUT2D eigenvalue weighted by Crippen LogP contribution is 2.35. The number of rotatable bonds is 9. The zero-order chi connectivity index (χ0) is 25.9. The topological polar surface area (TPSA) is 81.3 Å². The normalized spacial score (nSPS) is 12.5. The van der Waals surface area contributed by atoms with Crippen LogP contribution in [0.3, 0.4) is 0 Å². The molecule has 1 amide bonds. The first-order valence-electron chi connectivity index (χ1n) is 11.9. The summed E-state index contributed by atoms with van der Waals surface area (Å²) < 4.78 is 5.47. The molecule has 0 aliphatic carbocycles. The minimum atomic E-state index is -0.444. The molecule has 1 heterocycles. The Labute approximate surface area is 216 Å². The van der Waals surface area contributed by atoms with Crippen LogP contribution in [-0.4, -0.2) is 59.9 Å². The number of benzene rings is 3. The van der Waals surface area contributed by atoms with E-state index in [1.807, 2.05) is 55.5 Å². The molecule has 0 aliphatic heterocycles. The predicted molar refractivity (Wildman–Crippen MR) is 144 cm³/mol. The maximum atomic E-state index is 13.8. The molecule has 0 saturated heterocycles. The number of aromatic amines is 1. The Kier molecular flexibility index (Phi) is 7.64. The number of hydrogen-bond acceptors (Lipinski definition) is 4. The Hall–Kier alpha value is -3.39. The van der Waals surface area contributed by atoms with Crippen molar-refractivity contribution in [1.29, 1.82) is 0 Å². The summed E-state index contributed by atoms with van der Waals surface area (Å²) in [5.74, 6) is 0.454. The van der Waals surface area contributed by atoms with Crippen molar-refractivity contribution in [3.8, 4) is 16.9 Å². The minimum absolute atomic E-state index is 0.161. The summed E-state index contributed by atoms with van der Waals surface area (Å²) in [5, 5.41) is 21.2. The van der Waals surface area contributed by atoms with E-state index in [1.165, 1.54) is 0 Å². The quantitative estimate of drug-likeness (QED) is 0.221. The second-order valence-corrected chi connectivity index (χ2v) is 9.79. The lowest BCUT2D eigenvalue weighted by molar-refractivity contribution is -0.840. The van der Waals surface area contributed by atoms with Crippen molar-refractivity contribution in [2.75, 3.05) is 34.3 Å². The van der Waals surface area contributed by atoms with Gasteiger partial charge in [-0.1, -0.05) is 41.9 Å². The minimum Gasteiger partial charge on any atom is -0.633 e. The first kappa shape index (κ1) is 25.7. The monoisotopic (exact) mass is 506 g/mol. The van der Waals surface area contributed by atoms with Crippen LogP contribution in [0.5, 0.6) is 5.75 Å². The highest BCUT2D eigenvalue weighted by molar-refractivity contribution is 6.30. The van der Waals surface area contributed by atoms with Gasteiger partial charge in [0.2, 0.25) is 0 Å². The number of fused-ring (bicyclic) bond motifs is 1. The van der Waals surface area contributed by atoms with Crippen molar-refractivity contribution in [2.24, 2.45) is 0 Å². The maximum absolute atomic E-state index is 13.8. The number of hydroxylamine groups is 3. The molecular weight excluding hydrogens is 476 g/mol. The van der Waals surface area contributed by atoms with E-state index in [1.54, 1.807) is 44.4 Å². The number of amides is 1. The van der Waals surface area contributed by atoms with Crippen molar-refractivity contribution in [3.05, 3.63) is 88.2 Å². The molecule has 1 N–H and O–H groups in total. The molecule has 8 heteroatoms. The number of H-pyrrole nitrogens is 1. The summed E-state index contributed by atoms with van der Waals surface area (Å²) in [5.41, 5.74) is 4.07. The Morgan fingerprint density at radius 1 is 1.17 bits per heavy atom. The number of nitrogens with one attached hydrogen (secondary N) is 1. The van der Waals surface area contributed by atoms with Gasteiger partial charge in [-0.25, -0.2) is 0 Å². The standard InChI is InChI=1S/C28H31ClN4O3/c1-5-36-26-17-20(12-13-23(26)19-8-6-10-22(29)16-19)28(34)32(2)25(14-15-33(3,4)35)24-11-7-9-21-18-30-31-27(21)24/h6-13,16-18,25H,5,14-15H2,1-4H3,(H,30,31)/t25-/m1/s1. The molecule has 1 atom stereocenters. The molecule has 0 radical (unpaired) electrons. The van der Waals surface area contributed by atoms with E-state index in [0.717, 1.165) is 27.6 Å². The van der Waals surface area contributed by atoms with Crippen molar-refractivity contribution in [2.45, 2.75) is 19.4 Å². The number of nitrogens with zero attached hydrogens (tertiary/aromatic N) is 3. The van der Waals surface area contributed by atoms with Crippen molar-refractivity contribution in [3.63, 3.8) is 0 Å². The molecule has 1 aromatic heterocycles. The lowest BCUT2D eigenvalue weighted by Gasteiger charge is -2.37. The number of hydrogen-bond donors (Lipinski definition) is 1. The van der Waals surface area contributed by atoms with E-state index < -0.39 is 4.65 Å². The first-order chi connectivity index (χ1) is 17.2. The molecule has 4 rings (SSSR count). The van der Waals surface area contributed by atoms with Crippen LogP contribution in [0.25, 0.3) is 22.0 Å². The van der Waals surface area contributed by atoms with Gasteiger partial charge in [0.1, 0.15) is 5.75 Å². The SMILES string of the molecule is CCOc1cc(C(=O)N(C)[C@H](CC[N+](C)(C)[O-])c2cccc3cn[nH]c23)ccc1-c1cccc(Cl)c1. The van der Waals surface area contributed by atoms with Crippen LogP contribution in [0.15, 0.2) is 66.9 Å². The number of aromatic nitrogens is 2.